The molecule has 1 aliphatic heterocycles. The van der Waals surface area contributed by atoms with Gasteiger partial charge in [-0.3, -0.25) is 14.4 Å². The highest BCUT2D eigenvalue weighted by atomic mass is 19.4. The molecule has 2 fully saturated rings. The van der Waals surface area contributed by atoms with Crippen LogP contribution in [0.3, 0.4) is 0 Å². The zero-order chi connectivity index (χ0) is 30.9. The van der Waals surface area contributed by atoms with E-state index in [2.05, 4.69) is 42.4 Å². The van der Waals surface area contributed by atoms with Gasteiger partial charge in [-0.1, -0.05) is 17.3 Å². The van der Waals surface area contributed by atoms with Gasteiger partial charge in [0.1, 0.15) is 17.1 Å². The number of amides is 1. The lowest BCUT2D eigenvalue weighted by molar-refractivity contribution is -0.165. The molecule has 0 unspecified atom stereocenters. The summed E-state index contributed by atoms with van der Waals surface area (Å²) in [6.07, 6.45) is 2.61. The van der Waals surface area contributed by atoms with E-state index in [1.807, 2.05) is 17.1 Å². The lowest BCUT2D eigenvalue weighted by atomic mass is 10.0. The van der Waals surface area contributed by atoms with Crippen LogP contribution in [0.1, 0.15) is 35.6 Å². The number of hydrogen-bond donors (Lipinski definition) is 1. The Kier molecular flexibility index (Phi) is 8.20. The number of alkyl halides is 3. The van der Waals surface area contributed by atoms with Crippen molar-refractivity contribution < 1.29 is 26.9 Å². The van der Waals surface area contributed by atoms with E-state index >= 15 is 0 Å². The molecule has 0 atom stereocenters. The number of benzene rings is 1. The first-order valence-electron chi connectivity index (χ1n) is 14.4. The molecular weight excluding hydrogens is 580 g/mol. The maximum Gasteiger partial charge on any atom is 0.401 e. The van der Waals surface area contributed by atoms with E-state index in [4.69, 9.17) is 4.52 Å². The van der Waals surface area contributed by atoms with Gasteiger partial charge in [-0.15, -0.1) is 0 Å². The molecule has 0 bridgehead atoms. The number of likely N-dealkylation sites (N-methyl/N-ethyl adjacent to an activating group) is 1. The van der Waals surface area contributed by atoms with Crippen molar-refractivity contribution in [2.75, 3.05) is 45.1 Å². The first-order chi connectivity index (χ1) is 21.1. The highest BCUT2D eigenvalue weighted by Gasteiger charge is 2.66. The summed E-state index contributed by atoms with van der Waals surface area (Å²) in [4.78, 5) is 26.1. The van der Waals surface area contributed by atoms with Crippen LogP contribution < -0.4 is 5.32 Å². The fourth-order valence-corrected chi connectivity index (χ4v) is 5.30. The van der Waals surface area contributed by atoms with Crippen molar-refractivity contribution in [1.82, 2.24) is 34.7 Å². The van der Waals surface area contributed by atoms with Gasteiger partial charge in [0.2, 0.25) is 5.91 Å². The van der Waals surface area contributed by atoms with Gasteiger partial charge >= 0.3 is 6.18 Å². The van der Waals surface area contributed by atoms with Gasteiger partial charge in [-0.2, -0.15) is 18.3 Å². The van der Waals surface area contributed by atoms with Crippen LogP contribution in [0.15, 0.2) is 53.6 Å². The first kappa shape index (κ1) is 29.9. The van der Waals surface area contributed by atoms with Crippen molar-refractivity contribution in [1.29, 1.82) is 0 Å². The Bertz CT molecular complexity index is 1610. The van der Waals surface area contributed by atoms with E-state index in [1.54, 1.807) is 18.5 Å². The van der Waals surface area contributed by atoms with Gasteiger partial charge in [-0.25, -0.2) is 14.4 Å². The Hall–Kier alpha value is -4.17. The number of nitrogens with zero attached hydrogens (tertiary/aromatic N) is 7. The molecule has 6 rings (SSSR count). The Labute approximate surface area is 251 Å². The summed E-state index contributed by atoms with van der Waals surface area (Å²) in [6.45, 7) is 6.06. The zero-order valence-corrected chi connectivity index (χ0v) is 24.1. The predicted molar refractivity (Wildman–Crippen MR) is 152 cm³/mol. The average Bonchev–Trinajstić information content (AvgIpc) is 3.50. The van der Waals surface area contributed by atoms with Gasteiger partial charge in [0.05, 0.1) is 19.2 Å². The fourth-order valence-electron chi connectivity index (χ4n) is 5.30. The molecule has 14 heteroatoms. The average molecular weight is 613 g/mol. The van der Waals surface area contributed by atoms with Gasteiger partial charge in [0.25, 0.3) is 0 Å². The number of aromatic nitrogens is 5. The number of hydrogen-bond acceptors (Lipinski definition) is 8. The summed E-state index contributed by atoms with van der Waals surface area (Å²) in [5, 5.41) is 10.4. The molecule has 2 aliphatic rings. The van der Waals surface area contributed by atoms with Crippen LogP contribution in [0.25, 0.3) is 11.1 Å². The number of halogens is 4. The Morgan fingerprint density at radius 1 is 1.02 bits per heavy atom. The topological polar surface area (TPSA) is 105 Å². The number of carbonyl (C=O) groups excluding carboxylic acids is 1. The zero-order valence-electron chi connectivity index (χ0n) is 24.1. The van der Waals surface area contributed by atoms with Crippen molar-refractivity contribution >= 4 is 11.7 Å². The number of anilines is 1. The number of rotatable bonds is 10. The molecule has 1 saturated carbocycles. The maximum atomic E-state index is 14.9. The number of piperazine rings is 1. The van der Waals surface area contributed by atoms with Gasteiger partial charge in [0, 0.05) is 69.4 Å². The largest absolute Gasteiger partial charge is 0.401 e. The molecule has 1 aromatic carbocycles. The van der Waals surface area contributed by atoms with Crippen LogP contribution in [0.2, 0.25) is 0 Å². The summed E-state index contributed by atoms with van der Waals surface area (Å²) in [5.74, 6) is -1.12. The summed E-state index contributed by atoms with van der Waals surface area (Å²) in [7, 11) is 2.14. The highest BCUT2D eigenvalue weighted by Crippen LogP contribution is 2.59. The second-order valence-electron chi connectivity index (χ2n) is 11.5. The molecular formula is C30H32F4N8O2. The van der Waals surface area contributed by atoms with Gasteiger partial charge in [-0.05, 0) is 42.6 Å². The third-order valence-electron chi connectivity index (χ3n) is 8.27. The molecule has 232 valence electrons. The molecule has 4 aromatic rings. The van der Waals surface area contributed by atoms with Crippen LogP contribution in [-0.2, 0) is 29.6 Å². The molecule has 10 nitrogen and oxygen atoms in total. The quantitative estimate of drug-likeness (QED) is 0.267. The van der Waals surface area contributed by atoms with E-state index in [-0.39, 0.29) is 36.4 Å². The third kappa shape index (κ3) is 6.65. The van der Waals surface area contributed by atoms with E-state index in [0.717, 1.165) is 50.9 Å². The van der Waals surface area contributed by atoms with Crippen molar-refractivity contribution in [2.45, 2.75) is 43.8 Å². The molecule has 1 saturated heterocycles. The molecule has 1 amide bonds. The Morgan fingerprint density at radius 3 is 2.45 bits per heavy atom. The van der Waals surface area contributed by atoms with Crippen LogP contribution in [0, 0.1) is 5.82 Å². The standard InChI is InChI=1S/C30H32F4N8O2/c1-40-6-8-41(9-7-40)10-11-42-19-20(16-37-42)12-26-35-17-23(18-36-26)21-2-3-22(24(31)13-21)14-28(43)38-27-15-25(44-39-27)29(4-5-29)30(32,33)34/h2-3,13,15-19H,4-12,14H2,1H3,(H,38,39,43). The normalized spacial score (nSPS) is 17.1. The summed E-state index contributed by atoms with van der Waals surface area (Å²) in [6, 6.07) is 5.50. The van der Waals surface area contributed by atoms with Crippen LogP contribution in [-0.4, -0.2) is 86.6 Å². The Morgan fingerprint density at radius 2 is 1.77 bits per heavy atom. The minimum absolute atomic E-state index is 0.0896. The lowest BCUT2D eigenvalue weighted by Gasteiger charge is -2.32. The lowest BCUT2D eigenvalue weighted by Crippen LogP contribution is -2.45. The monoisotopic (exact) mass is 612 g/mol. The minimum Gasteiger partial charge on any atom is -0.358 e. The maximum absolute atomic E-state index is 14.9. The SMILES string of the molecule is CN1CCN(CCn2cc(Cc3ncc(-c4ccc(CC(=O)Nc5cc(C6(C(F)(F)F)CC6)on5)c(F)c4)cn3)cn2)CC1. The first-order valence-corrected chi connectivity index (χ1v) is 14.4. The highest BCUT2D eigenvalue weighted by molar-refractivity contribution is 5.91. The van der Waals surface area contributed by atoms with Crippen LogP contribution >= 0.6 is 0 Å². The molecule has 44 heavy (non-hydrogen) atoms. The summed E-state index contributed by atoms with van der Waals surface area (Å²) < 4.78 is 61.6. The molecule has 3 aromatic heterocycles. The minimum atomic E-state index is -4.46. The molecule has 1 aliphatic carbocycles. The Balaban J connectivity index is 1.01. The van der Waals surface area contributed by atoms with Crippen molar-refractivity contribution in [2.24, 2.45) is 0 Å². The van der Waals surface area contributed by atoms with Crippen molar-refractivity contribution in [3.8, 4) is 11.1 Å². The second-order valence-corrected chi connectivity index (χ2v) is 11.5. The second kappa shape index (κ2) is 12.1. The van der Waals surface area contributed by atoms with Crippen LogP contribution in [0.4, 0.5) is 23.4 Å². The molecule has 0 radical (unpaired) electrons. The summed E-state index contributed by atoms with van der Waals surface area (Å²) >= 11 is 0. The van der Waals surface area contributed by atoms with Gasteiger partial charge < -0.3 is 14.7 Å². The predicted octanol–water partition coefficient (Wildman–Crippen LogP) is 4.08. The van der Waals surface area contributed by atoms with Crippen LogP contribution in [0.5, 0.6) is 0 Å². The van der Waals surface area contributed by atoms with E-state index in [1.165, 1.54) is 12.1 Å². The number of nitrogens with one attached hydrogen (secondary N) is 1. The summed E-state index contributed by atoms with van der Waals surface area (Å²) in [5.41, 5.74) is 0.226. The molecule has 4 heterocycles. The van der Waals surface area contributed by atoms with Crippen molar-refractivity contribution in [3.05, 3.63) is 77.6 Å². The van der Waals surface area contributed by atoms with Crippen molar-refractivity contribution in [3.63, 3.8) is 0 Å². The van der Waals surface area contributed by atoms with Gasteiger partial charge in [0.15, 0.2) is 11.6 Å². The molecule has 1 N–H and O–H groups in total. The molecule has 0 spiro atoms. The number of carbonyl (C=O) groups is 1. The van der Waals surface area contributed by atoms with E-state index in [0.29, 0.717) is 23.4 Å². The smallest absolute Gasteiger partial charge is 0.358 e. The van der Waals surface area contributed by atoms with E-state index in [9.17, 15) is 22.4 Å². The van der Waals surface area contributed by atoms with E-state index < -0.39 is 23.3 Å². The third-order valence-corrected chi connectivity index (χ3v) is 8.27. The fraction of sp³-hybridized carbons (Fsp3) is 0.433.